The molecular weight excluding hydrogens is 492 g/mol. The van der Waals surface area contributed by atoms with Crippen LogP contribution in [0.1, 0.15) is 0 Å². The molecule has 0 aliphatic carbocycles. The van der Waals surface area contributed by atoms with Gasteiger partial charge >= 0.3 is 0 Å². The van der Waals surface area contributed by atoms with Crippen LogP contribution in [-0.2, 0) is 0 Å². The molecule has 4 nitrogen and oxygen atoms in total. The monoisotopic (exact) mass is 512 g/mol. The van der Waals surface area contributed by atoms with Gasteiger partial charge in [-0.1, -0.05) is 66.7 Å². The Hall–Kier alpha value is -5.48. The highest BCUT2D eigenvalue weighted by Crippen LogP contribution is 2.38. The summed E-state index contributed by atoms with van der Waals surface area (Å²) in [6, 6.07) is 39.7. The Morgan fingerprint density at radius 3 is 2.02 bits per heavy atom. The van der Waals surface area contributed by atoms with Crippen molar-refractivity contribution >= 4 is 65.7 Å². The normalized spacial score (nSPS) is 12.0. The highest BCUT2D eigenvalue weighted by molar-refractivity contribution is 6.15. The van der Waals surface area contributed by atoms with Gasteiger partial charge in [0.25, 0.3) is 0 Å². The van der Waals surface area contributed by atoms with Crippen LogP contribution in [0.15, 0.2) is 130 Å². The van der Waals surface area contributed by atoms with E-state index < -0.39 is 0 Å². The number of aromatic nitrogens is 2. The summed E-state index contributed by atoms with van der Waals surface area (Å²) in [5.74, 6) is 0. The van der Waals surface area contributed by atoms with Crippen LogP contribution in [0.3, 0.4) is 0 Å². The molecule has 0 saturated heterocycles. The van der Waals surface area contributed by atoms with Crippen molar-refractivity contribution in [3.05, 3.63) is 121 Å². The Balaban J connectivity index is 1.18. The molecule has 0 spiro atoms. The molecular formula is C36H20N2O2. The average molecular weight is 513 g/mol. The minimum absolute atomic E-state index is 0.862. The van der Waals surface area contributed by atoms with Gasteiger partial charge in [-0.05, 0) is 59.7 Å². The molecule has 0 N–H and O–H groups in total. The predicted molar refractivity (Wildman–Crippen MR) is 162 cm³/mol. The number of para-hydroxylation sites is 1. The van der Waals surface area contributed by atoms with Crippen LogP contribution in [0.5, 0.6) is 0 Å². The first-order chi connectivity index (χ1) is 19.8. The molecule has 0 atom stereocenters. The molecule has 9 rings (SSSR count). The third-order valence-corrected chi connectivity index (χ3v) is 7.89. The van der Waals surface area contributed by atoms with E-state index in [4.69, 9.17) is 13.8 Å². The molecule has 9 aromatic rings. The number of pyridine rings is 2. The number of fused-ring (bicyclic) bond motifs is 9. The second-order valence-corrected chi connectivity index (χ2v) is 10.2. The van der Waals surface area contributed by atoms with Gasteiger partial charge in [0.2, 0.25) is 0 Å². The molecule has 0 fully saturated rings. The zero-order valence-electron chi connectivity index (χ0n) is 21.3. The summed E-state index contributed by atoms with van der Waals surface area (Å²) in [6.45, 7) is 0. The third kappa shape index (κ3) is 3.13. The summed E-state index contributed by atoms with van der Waals surface area (Å²) in [5.41, 5.74) is 9.56. The van der Waals surface area contributed by atoms with E-state index in [1.54, 1.807) is 0 Å². The summed E-state index contributed by atoms with van der Waals surface area (Å²) in [6.07, 6.45) is 1.83. The third-order valence-electron chi connectivity index (χ3n) is 7.89. The van der Waals surface area contributed by atoms with Gasteiger partial charge < -0.3 is 8.83 Å². The van der Waals surface area contributed by atoms with Crippen LogP contribution in [0.25, 0.3) is 88.1 Å². The van der Waals surface area contributed by atoms with Crippen molar-refractivity contribution in [3.8, 4) is 22.4 Å². The van der Waals surface area contributed by atoms with E-state index in [1.165, 1.54) is 0 Å². The molecule has 0 saturated carbocycles. The summed E-state index contributed by atoms with van der Waals surface area (Å²) in [7, 11) is 0. The standard InChI is InChI=1S/C36H20N2O2/c1-2-9-31-26(8-1)28-19-34-29(20-33(28)39-31)27-18-24(13-15-32(27)40-34)23-5-3-6-25(17-23)30-14-12-22-11-10-21-7-4-16-37-35(21)36(22)38-30/h1-20H. The van der Waals surface area contributed by atoms with Gasteiger partial charge in [0, 0.05) is 44.1 Å². The quantitative estimate of drug-likeness (QED) is 0.216. The van der Waals surface area contributed by atoms with Crippen molar-refractivity contribution in [1.82, 2.24) is 9.97 Å². The Bertz CT molecular complexity index is 2450. The molecule has 0 amide bonds. The Labute approximate surface area is 228 Å². The van der Waals surface area contributed by atoms with Gasteiger partial charge in [-0.25, -0.2) is 4.98 Å². The lowest BCUT2D eigenvalue weighted by molar-refractivity contribution is 0.664. The molecule has 0 bridgehead atoms. The van der Waals surface area contributed by atoms with Gasteiger partial charge in [-0.2, -0.15) is 0 Å². The second-order valence-electron chi connectivity index (χ2n) is 10.2. The lowest BCUT2D eigenvalue weighted by Crippen LogP contribution is -1.89. The number of nitrogens with zero attached hydrogens (tertiary/aromatic N) is 2. The van der Waals surface area contributed by atoms with Crippen LogP contribution >= 0.6 is 0 Å². The van der Waals surface area contributed by atoms with Gasteiger partial charge in [0.15, 0.2) is 0 Å². The van der Waals surface area contributed by atoms with Crippen LogP contribution in [0.4, 0.5) is 0 Å². The van der Waals surface area contributed by atoms with Crippen molar-refractivity contribution < 1.29 is 8.83 Å². The molecule has 4 heterocycles. The Morgan fingerprint density at radius 1 is 0.425 bits per heavy atom. The Morgan fingerprint density at radius 2 is 1.12 bits per heavy atom. The predicted octanol–water partition coefficient (Wildman–Crippen LogP) is 9.92. The summed E-state index contributed by atoms with van der Waals surface area (Å²) < 4.78 is 12.4. The van der Waals surface area contributed by atoms with Crippen molar-refractivity contribution in [3.63, 3.8) is 0 Å². The van der Waals surface area contributed by atoms with Crippen molar-refractivity contribution in [2.24, 2.45) is 0 Å². The summed E-state index contributed by atoms with van der Waals surface area (Å²) in [5, 5.41) is 6.47. The molecule has 0 aliphatic heterocycles. The second kappa shape index (κ2) is 8.01. The van der Waals surface area contributed by atoms with Crippen molar-refractivity contribution in [1.29, 1.82) is 0 Å². The van der Waals surface area contributed by atoms with Crippen LogP contribution < -0.4 is 0 Å². The van der Waals surface area contributed by atoms with E-state index in [0.717, 1.165) is 88.1 Å². The van der Waals surface area contributed by atoms with Crippen molar-refractivity contribution in [2.75, 3.05) is 0 Å². The van der Waals surface area contributed by atoms with E-state index in [0.29, 0.717) is 0 Å². The number of furan rings is 2. The van der Waals surface area contributed by atoms with Crippen LogP contribution in [0.2, 0.25) is 0 Å². The van der Waals surface area contributed by atoms with E-state index >= 15 is 0 Å². The maximum Gasteiger partial charge on any atom is 0.136 e. The van der Waals surface area contributed by atoms with Gasteiger partial charge in [-0.3, -0.25) is 4.98 Å². The van der Waals surface area contributed by atoms with E-state index in [1.807, 2.05) is 30.5 Å². The fourth-order valence-corrected chi connectivity index (χ4v) is 5.92. The molecule has 0 aliphatic rings. The molecule has 0 radical (unpaired) electrons. The topological polar surface area (TPSA) is 52.1 Å². The maximum atomic E-state index is 6.28. The number of benzene rings is 5. The van der Waals surface area contributed by atoms with Crippen molar-refractivity contribution in [2.45, 2.75) is 0 Å². The number of rotatable bonds is 2. The lowest BCUT2D eigenvalue weighted by Gasteiger charge is -2.08. The highest BCUT2D eigenvalue weighted by atomic mass is 16.3. The minimum Gasteiger partial charge on any atom is -0.456 e. The van der Waals surface area contributed by atoms with Gasteiger partial charge in [0.1, 0.15) is 22.3 Å². The Kier molecular flexibility index (Phi) is 4.30. The highest BCUT2D eigenvalue weighted by Gasteiger charge is 2.14. The molecule has 4 aromatic heterocycles. The van der Waals surface area contributed by atoms with Gasteiger partial charge in [-0.15, -0.1) is 0 Å². The zero-order chi connectivity index (χ0) is 26.2. The van der Waals surface area contributed by atoms with Crippen LogP contribution in [0, 0.1) is 0 Å². The fraction of sp³-hybridized carbons (Fsp3) is 0. The zero-order valence-corrected chi connectivity index (χ0v) is 21.3. The molecule has 40 heavy (non-hydrogen) atoms. The molecule has 0 unspecified atom stereocenters. The molecule has 4 heteroatoms. The van der Waals surface area contributed by atoms with Gasteiger partial charge in [0.05, 0.1) is 16.7 Å². The van der Waals surface area contributed by atoms with E-state index in [2.05, 4.69) is 96.0 Å². The number of hydrogen-bond acceptors (Lipinski definition) is 4. The first kappa shape index (κ1) is 21.5. The largest absolute Gasteiger partial charge is 0.456 e. The SMILES string of the molecule is c1cc(-c2ccc3oc4cc5c(cc4c3c2)oc2ccccc25)cc(-c2ccc3ccc4cccnc4c3n2)c1. The van der Waals surface area contributed by atoms with Crippen LogP contribution in [-0.4, -0.2) is 9.97 Å². The average Bonchev–Trinajstić information content (AvgIpc) is 3.56. The van der Waals surface area contributed by atoms with E-state index in [-0.39, 0.29) is 0 Å². The first-order valence-electron chi connectivity index (χ1n) is 13.3. The summed E-state index contributed by atoms with van der Waals surface area (Å²) in [4.78, 5) is 9.66. The molecule has 186 valence electrons. The lowest BCUT2D eigenvalue weighted by atomic mass is 9.99. The first-order valence-corrected chi connectivity index (χ1v) is 13.3. The fourth-order valence-electron chi connectivity index (χ4n) is 5.92. The smallest absolute Gasteiger partial charge is 0.136 e. The minimum atomic E-state index is 0.862. The molecule has 5 aromatic carbocycles. The summed E-state index contributed by atoms with van der Waals surface area (Å²) >= 11 is 0. The number of hydrogen-bond donors (Lipinski definition) is 0. The maximum absolute atomic E-state index is 6.28. The van der Waals surface area contributed by atoms with E-state index in [9.17, 15) is 0 Å².